The Morgan fingerprint density at radius 3 is 2.18 bits per heavy atom. The number of hydrogen-bond donors (Lipinski definition) is 0. The molecule has 0 unspecified atom stereocenters. The molecule has 0 spiro atoms. The molecule has 2 aliphatic rings. The van der Waals surface area contributed by atoms with E-state index in [1.165, 1.54) is 29.8 Å². The van der Waals surface area contributed by atoms with Crippen LogP contribution >= 0.6 is 0 Å². The van der Waals surface area contributed by atoms with Crippen LogP contribution in [0.3, 0.4) is 0 Å². The van der Waals surface area contributed by atoms with E-state index in [1.54, 1.807) is 4.31 Å². The smallest absolute Gasteiger partial charge is 0.243 e. The van der Waals surface area contributed by atoms with Gasteiger partial charge in [-0.05, 0) is 87.8 Å². The van der Waals surface area contributed by atoms with Gasteiger partial charge in [0.2, 0.25) is 10.0 Å². The van der Waals surface area contributed by atoms with Crippen LogP contribution < -0.4 is 0 Å². The average Bonchev–Trinajstić information content (AvgIpc) is 3.63. The minimum absolute atomic E-state index is 0.0390. The van der Waals surface area contributed by atoms with Crippen molar-refractivity contribution in [3.05, 3.63) is 60.2 Å². The fourth-order valence-electron chi connectivity index (χ4n) is 4.58. The van der Waals surface area contributed by atoms with Crippen molar-refractivity contribution in [2.24, 2.45) is 5.92 Å². The quantitative estimate of drug-likeness (QED) is 0.509. The lowest BCUT2D eigenvalue weighted by molar-refractivity contribution is 0.155. The van der Waals surface area contributed by atoms with Gasteiger partial charge in [-0.2, -0.15) is 4.31 Å². The first-order valence-corrected chi connectivity index (χ1v) is 15.1. The second-order valence-electron chi connectivity index (χ2n) is 9.43. The van der Waals surface area contributed by atoms with Crippen molar-refractivity contribution in [1.29, 1.82) is 0 Å². The zero-order valence-electron chi connectivity index (χ0n) is 19.3. The van der Waals surface area contributed by atoms with Gasteiger partial charge in [-0.3, -0.25) is 0 Å². The molecule has 0 bridgehead atoms. The number of sulfone groups is 1. The third kappa shape index (κ3) is 6.44. The number of rotatable bonds is 10. The second kappa shape index (κ2) is 10.3. The summed E-state index contributed by atoms with van der Waals surface area (Å²) >= 11 is 0. The lowest BCUT2D eigenvalue weighted by atomic mass is 10.0. The molecule has 0 radical (unpaired) electrons. The molecule has 1 saturated carbocycles. The molecule has 180 valence electrons. The minimum Gasteiger partial charge on any atom is -0.303 e. The molecule has 2 aromatic rings. The van der Waals surface area contributed by atoms with Crippen molar-refractivity contribution in [1.82, 2.24) is 9.21 Å². The normalized spacial score (nSPS) is 18.6. The second-order valence-corrected chi connectivity index (χ2v) is 13.3. The van der Waals surface area contributed by atoms with Gasteiger partial charge in [0.15, 0.2) is 9.84 Å². The Kier molecular flexibility index (Phi) is 7.58. The van der Waals surface area contributed by atoms with Crippen LogP contribution in [0.1, 0.15) is 37.7 Å². The van der Waals surface area contributed by atoms with Gasteiger partial charge in [-0.1, -0.05) is 36.4 Å². The Balaban J connectivity index is 1.41. The fourth-order valence-corrected chi connectivity index (χ4v) is 7.13. The first kappa shape index (κ1) is 24.4. The predicted molar refractivity (Wildman–Crippen MR) is 130 cm³/mol. The van der Waals surface area contributed by atoms with Gasteiger partial charge in [0, 0.05) is 18.8 Å². The van der Waals surface area contributed by atoms with Crippen LogP contribution in [0.25, 0.3) is 0 Å². The highest BCUT2D eigenvalue weighted by Crippen LogP contribution is 2.34. The van der Waals surface area contributed by atoms with E-state index in [9.17, 15) is 16.8 Å². The predicted octanol–water partition coefficient (Wildman–Crippen LogP) is 3.59. The van der Waals surface area contributed by atoms with Crippen molar-refractivity contribution in [2.75, 3.05) is 32.4 Å². The summed E-state index contributed by atoms with van der Waals surface area (Å²) in [5.74, 6) is 0.418. The third-order valence-electron chi connectivity index (χ3n) is 6.72. The summed E-state index contributed by atoms with van der Waals surface area (Å²) < 4.78 is 52.8. The molecule has 1 aliphatic heterocycles. The maximum Gasteiger partial charge on any atom is 0.243 e. The van der Waals surface area contributed by atoms with E-state index in [-0.39, 0.29) is 15.8 Å². The molecule has 4 rings (SSSR count). The van der Waals surface area contributed by atoms with Crippen LogP contribution in [-0.2, 0) is 26.3 Å². The number of sulfonamides is 1. The van der Waals surface area contributed by atoms with Gasteiger partial charge in [0.1, 0.15) is 0 Å². The number of aryl methyl sites for hydroxylation is 1. The molecule has 8 heteroatoms. The maximum atomic E-state index is 13.6. The van der Waals surface area contributed by atoms with Gasteiger partial charge in [-0.25, -0.2) is 16.8 Å². The van der Waals surface area contributed by atoms with Crippen LogP contribution in [0.5, 0.6) is 0 Å². The summed E-state index contributed by atoms with van der Waals surface area (Å²) in [6.07, 6.45) is 7.00. The zero-order chi connectivity index (χ0) is 23.5. The van der Waals surface area contributed by atoms with E-state index in [2.05, 4.69) is 29.2 Å². The third-order valence-corrected chi connectivity index (χ3v) is 9.75. The summed E-state index contributed by atoms with van der Waals surface area (Å²) in [5, 5.41) is 0. The largest absolute Gasteiger partial charge is 0.303 e. The highest BCUT2D eigenvalue weighted by molar-refractivity contribution is 7.91. The molecule has 0 aromatic heterocycles. The van der Waals surface area contributed by atoms with Crippen molar-refractivity contribution in [2.45, 2.75) is 54.4 Å². The average molecular weight is 491 g/mol. The lowest BCUT2D eigenvalue weighted by Crippen LogP contribution is -2.48. The molecule has 33 heavy (non-hydrogen) atoms. The minimum atomic E-state index is -3.76. The molecule has 6 nitrogen and oxygen atoms in total. The monoisotopic (exact) mass is 490 g/mol. The highest BCUT2D eigenvalue weighted by atomic mass is 32.2. The molecule has 2 fully saturated rings. The number of benzene rings is 2. The Hall–Kier alpha value is -1.74. The van der Waals surface area contributed by atoms with E-state index in [0.717, 1.165) is 64.4 Å². The summed E-state index contributed by atoms with van der Waals surface area (Å²) in [7, 11) is -7.23. The summed E-state index contributed by atoms with van der Waals surface area (Å²) in [6, 6.07) is 16.3. The fraction of sp³-hybridized carbons (Fsp3) is 0.520. The maximum absolute atomic E-state index is 13.6. The van der Waals surface area contributed by atoms with Gasteiger partial charge < -0.3 is 4.90 Å². The standard InChI is InChI=1S/C25H34N2O4S2/c1-32(28,29)24-10-5-11-25(19-24)33(30,31)27(20-22-12-13-22)23-14-17-26(18-15-23)16-6-9-21-7-3-2-4-8-21/h2-5,7-8,10-11,19,22-23H,6,9,12-18,20H2,1H3. The molecule has 2 aromatic carbocycles. The molecular weight excluding hydrogens is 456 g/mol. The number of piperidine rings is 1. The van der Waals surface area contributed by atoms with Crippen molar-refractivity contribution >= 4 is 19.9 Å². The zero-order valence-corrected chi connectivity index (χ0v) is 20.9. The molecule has 0 atom stereocenters. The first-order valence-electron chi connectivity index (χ1n) is 11.8. The number of nitrogens with zero attached hydrogens (tertiary/aromatic N) is 2. The van der Waals surface area contributed by atoms with E-state index < -0.39 is 19.9 Å². The Morgan fingerprint density at radius 1 is 0.879 bits per heavy atom. The van der Waals surface area contributed by atoms with E-state index in [0.29, 0.717) is 12.5 Å². The summed E-state index contributed by atoms with van der Waals surface area (Å²) in [6.45, 7) is 3.33. The molecule has 0 amide bonds. The van der Waals surface area contributed by atoms with Crippen molar-refractivity contribution in [3.63, 3.8) is 0 Å². The molecule has 1 heterocycles. The van der Waals surface area contributed by atoms with Gasteiger partial charge in [0.25, 0.3) is 0 Å². The lowest BCUT2D eigenvalue weighted by Gasteiger charge is -2.38. The van der Waals surface area contributed by atoms with E-state index in [1.807, 2.05) is 6.07 Å². The molecular formula is C25H34N2O4S2. The highest BCUT2D eigenvalue weighted by Gasteiger charge is 2.38. The van der Waals surface area contributed by atoms with Gasteiger partial charge in [-0.15, -0.1) is 0 Å². The molecule has 1 aliphatic carbocycles. The Bertz CT molecular complexity index is 1140. The molecule has 0 N–H and O–H groups in total. The Morgan fingerprint density at radius 2 is 1.55 bits per heavy atom. The van der Waals surface area contributed by atoms with Crippen LogP contribution in [-0.4, -0.2) is 64.5 Å². The van der Waals surface area contributed by atoms with Crippen LogP contribution in [0, 0.1) is 5.92 Å². The van der Waals surface area contributed by atoms with Crippen LogP contribution in [0.15, 0.2) is 64.4 Å². The SMILES string of the molecule is CS(=O)(=O)c1cccc(S(=O)(=O)N(CC2CC2)C2CCN(CCCc3ccccc3)CC2)c1. The first-order chi connectivity index (χ1) is 15.7. The van der Waals surface area contributed by atoms with Gasteiger partial charge in [0.05, 0.1) is 9.79 Å². The summed E-state index contributed by atoms with van der Waals surface area (Å²) in [5.41, 5.74) is 1.35. The van der Waals surface area contributed by atoms with E-state index in [4.69, 9.17) is 0 Å². The number of likely N-dealkylation sites (tertiary alicyclic amines) is 1. The molecule has 1 saturated heterocycles. The van der Waals surface area contributed by atoms with Crippen LogP contribution in [0.4, 0.5) is 0 Å². The van der Waals surface area contributed by atoms with Crippen molar-refractivity contribution < 1.29 is 16.8 Å². The van der Waals surface area contributed by atoms with Crippen LogP contribution in [0.2, 0.25) is 0 Å². The van der Waals surface area contributed by atoms with Crippen molar-refractivity contribution in [3.8, 4) is 0 Å². The summed E-state index contributed by atoms with van der Waals surface area (Å²) in [4.78, 5) is 2.56. The topological polar surface area (TPSA) is 74.8 Å². The number of hydrogen-bond acceptors (Lipinski definition) is 5. The Labute approximate surface area is 198 Å². The van der Waals surface area contributed by atoms with E-state index >= 15 is 0 Å². The van der Waals surface area contributed by atoms with Gasteiger partial charge >= 0.3 is 0 Å².